The van der Waals surface area contributed by atoms with E-state index in [1.807, 2.05) is 30.3 Å². The van der Waals surface area contributed by atoms with Crippen molar-refractivity contribution < 1.29 is 14.2 Å². The van der Waals surface area contributed by atoms with Gasteiger partial charge in [-0.25, -0.2) is 0 Å². The topological polar surface area (TPSA) is 53.7 Å². The monoisotopic (exact) mass is 281 g/mol. The van der Waals surface area contributed by atoms with E-state index in [9.17, 15) is 0 Å². The number of nitrogens with two attached hydrogens (primary N) is 1. The zero-order valence-electron chi connectivity index (χ0n) is 12.6. The highest BCUT2D eigenvalue weighted by Crippen LogP contribution is 2.18. The Kier molecular flexibility index (Phi) is 9.24. The van der Waals surface area contributed by atoms with Gasteiger partial charge in [0.15, 0.2) is 0 Å². The maximum Gasteiger partial charge on any atom is 0.0765 e. The molecule has 4 heteroatoms. The molecular weight excluding hydrogens is 254 g/mol. The van der Waals surface area contributed by atoms with Crippen molar-refractivity contribution >= 4 is 0 Å². The largest absolute Gasteiger partial charge is 0.382 e. The summed E-state index contributed by atoms with van der Waals surface area (Å²) in [5.41, 5.74) is 7.38. The van der Waals surface area contributed by atoms with Crippen molar-refractivity contribution in [3.05, 3.63) is 35.9 Å². The van der Waals surface area contributed by atoms with Crippen LogP contribution in [0, 0.1) is 0 Å². The predicted octanol–water partition coefficient (Wildman–Crippen LogP) is 2.53. The van der Waals surface area contributed by atoms with Crippen molar-refractivity contribution in [2.24, 2.45) is 5.73 Å². The van der Waals surface area contributed by atoms with E-state index >= 15 is 0 Å². The average molecular weight is 281 g/mol. The van der Waals surface area contributed by atoms with E-state index in [0.29, 0.717) is 26.4 Å². The Morgan fingerprint density at radius 2 is 1.80 bits per heavy atom. The molecule has 2 unspecified atom stereocenters. The summed E-state index contributed by atoms with van der Waals surface area (Å²) in [6, 6.07) is 10.0. The molecule has 0 aliphatic rings. The first-order valence-electron chi connectivity index (χ1n) is 7.28. The minimum atomic E-state index is -0.0735. The van der Waals surface area contributed by atoms with E-state index in [1.54, 1.807) is 7.11 Å². The van der Waals surface area contributed by atoms with Crippen molar-refractivity contribution in [1.29, 1.82) is 0 Å². The van der Waals surface area contributed by atoms with Gasteiger partial charge in [0.25, 0.3) is 0 Å². The molecule has 0 aromatic heterocycles. The van der Waals surface area contributed by atoms with E-state index < -0.39 is 0 Å². The van der Waals surface area contributed by atoms with Crippen LogP contribution >= 0.6 is 0 Å². The molecule has 0 saturated carbocycles. The summed E-state index contributed by atoms with van der Waals surface area (Å²) in [6.45, 7) is 4.74. The lowest BCUT2D eigenvalue weighted by Crippen LogP contribution is -2.29. The molecule has 20 heavy (non-hydrogen) atoms. The summed E-state index contributed by atoms with van der Waals surface area (Å²) in [4.78, 5) is 0. The fraction of sp³-hybridized carbons (Fsp3) is 0.625. The third-order valence-corrected chi connectivity index (χ3v) is 3.18. The Hall–Kier alpha value is -0.940. The van der Waals surface area contributed by atoms with Gasteiger partial charge in [0, 0.05) is 20.3 Å². The normalized spacial score (nSPS) is 14.2. The second kappa shape index (κ2) is 10.8. The van der Waals surface area contributed by atoms with Crippen LogP contribution in [0.4, 0.5) is 0 Å². The first-order valence-corrected chi connectivity index (χ1v) is 7.28. The minimum Gasteiger partial charge on any atom is -0.382 e. The van der Waals surface area contributed by atoms with Crippen LogP contribution in [0.5, 0.6) is 0 Å². The molecule has 0 bridgehead atoms. The van der Waals surface area contributed by atoms with Crippen LogP contribution in [0.2, 0.25) is 0 Å². The molecule has 0 saturated heterocycles. The van der Waals surface area contributed by atoms with E-state index in [4.69, 9.17) is 19.9 Å². The van der Waals surface area contributed by atoms with Gasteiger partial charge in [-0.2, -0.15) is 0 Å². The summed E-state index contributed by atoms with van der Waals surface area (Å²) in [5.74, 6) is 0. The van der Waals surface area contributed by atoms with Crippen molar-refractivity contribution in [1.82, 2.24) is 0 Å². The molecule has 1 aromatic rings. The molecule has 1 aromatic carbocycles. The summed E-state index contributed by atoms with van der Waals surface area (Å²) in [5, 5.41) is 0. The molecule has 0 radical (unpaired) electrons. The van der Waals surface area contributed by atoms with Crippen LogP contribution in [0.25, 0.3) is 0 Å². The summed E-state index contributed by atoms with van der Waals surface area (Å²) in [6.07, 6.45) is 1.83. The quantitative estimate of drug-likeness (QED) is 0.633. The van der Waals surface area contributed by atoms with Crippen LogP contribution in [-0.4, -0.2) is 39.6 Å². The third kappa shape index (κ3) is 6.48. The predicted molar refractivity (Wildman–Crippen MR) is 80.7 cm³/mol. The van der Waals surface area contributed by atoms with Crippen molar-refractivity contribution in [3.63, 3.8) is 0 Å². The lowest BCUT2D eigenvalue weighted by Gasteiger charge is -2.23. The lowest BCUT2D eigenvalue weighted by molar-refractivity contribution is 0.0110. The zero-order chi connectivity index (χ0) is 14.6. The van der Waals surface area contributed by atoms with Crippen molar-refractivity contribution in [3.8, 4) is 0 Å². The van der Waals surface area contributed by atoms with Crippen LogP contribution in [-0.2, 0) is 14.2 Å². The molecule has 0 aliphatic heterocycles. The molecular formula is C16H27NO3. The molecule has 4 nitrogen and oxygen atoms in total. The molecule has 114 valence electrons. The van der Waals surface area contributed by atoms with E-state index in [2.05, 4.69) is 6.92 Å². The van der Waals surface area contributed by atoms with Crippen LogP contribution < -0.4 is 5.73 Å². The van der Waals surface area contributed by atoms with Gasteiger partial charge in [-0.15, -0.1) is 0 Å². The van der Waals surface area contributed by atoms with Gasteiger partial charge in [-0.05, 0) is 18.4 Å². The van der Waals surface area contributed by atoms with Gasteiger partial charge in [-0.3, -0.25) is 0 Å². The molecule has 0 spiro atoms. The Morgan fingerprint density at radius 1 is 1.05 bits per heavy atom. The first kappa shape index (κ1) is 17.1. The Bertz CT molecular complexity index is 332. The van der Waals surface area contributed by atoms with Gasteiger partial charge < -0.3 is 19.9 Å². The maximum atomic E-state index is 6.26. The first-order chi connectivity index (χ1) is 9.79. The van der Waals surface area contributed by atoms with Gasteiger partial charge >= 0.3 is 0 Å². The van der Waals surface area contributed by atoms with E-state index in [0.717, 1.165) is 18.4 Å². The third-order valence-electron chi connectivity index (χ3n) is 3.18. The Labute approximate surface area is 122 Å². The number of methoxy groups -OCH3 is 1. The van der Waals surface area contributed by atoms with E-state index in [-0.39, 0.29) is 12.1 Å². The molecule has 0 fully saturated rings. The molecule has 0 aliphatic carbocycles. The van der Waals surface area contributed by atoms with Gasteiger partial charge in [-0.1, -0.05) is 37.3 Å². The highest BCUT2D eigenvalue weighted by atomic mass is 16.5. The highest BCUT2D eigenvalue weighted by molar-refractivity contribution is 5.19. The van der Waals surface area contributed by atoms with Crippen LogP contribution in [0.1, 0.15) is 31.4 Å². The smallest absolute Gasteiger partial charge is 0.0765 e. The van der Waals surface area contributed by atoms with Crippen LogP contribution in [0.3, 0.4) is 0 Å². The van der Waals surface area contributed by atoms with E-state index in [1.165, 1.54) is 0 Å². The van der Waals surface area contributed by atoms with Gasteiger partial charge in [0.1, 0.15) is 0 Å². The lowest BCUT2D eigenvalue weighted by atomic mass is 10.0. The molecule has 0 amide bonds. The summed E-state index contributed by atoms with van der Waals surface area (Å²) < 4.78 is 16.2. The molecule has 1 rings (SSSR count). The number of benzene rings is 1. The fourth-order valence-corrected chi connectivity index (χ4v) is 2.01. The number of ether oxygens (including phenoxy) is 3. The molecule has 2 atom stereocenters. The van der Waals surface area contributed by atoms with Gasteiger partial charge in [0.05, 0.1) is 25.4 Å². The minimum absolute atomic E-state index is 0.0522. The number of hydrogen-bond donors (Lipinski definition) is 1. The Morgan fingerprint density at radius 3 is 2.45 bits per heavy atom. The van der Waals surface area contributed by atoms with Gasteiger partial charge in [0.2, 0.25) is 0 Å². The highest BCUT2D eigenvalue weighted by Gasteiger charge is 2.17. The summed E-state index contributed by atoms with van der Waals surface area (Å²) >= 11 is 0. The number of hydrogen-bond acceptors (Lipinski definition) is 4. The van der Waals surface area contributed by atoms with Crippen LogP contribution in [0.15, 0.2) is 30.3 Å². The standard InChI is InChI=1S/C16H27NO3/c1-3-15(16(17)14-8-5-4-6-9-14)20-11-7-10-19-13-12-18-2/h4-6,8-9,15-16H,3,7,10-13,17H2,1-2H3. The second-order valence-corrected chi connectivity index (χ2v) is 4.71. The maximum absolute atomic E-state index is 6.26. The SMILES string of the molecule is CCC(OCCCOCCOC)C(N)c1ccccc1. The van der Waals surface area contributed by atoms with Crippen molar-refractivity contribution in [2.75, 3.05) is 33.5 Å². The second-order valence-electron chi connectivity index (χ2n) is 4.71. The van der Waals surface area contributed by atoms with Crippen molar-refractivity contribution in [2.45, 2.75) is 31.9 Å². The molecule has 2 N–H and O–H groups in total. The summed E-state index contributed by atoms with van der Waals surface area (Å²) in [7, 11) is 1.67. The fourth-order valence-electron chi connectivity index (χ4n) is 2.01. The zero-order valence-corrected chi connectivity index (χ0v) is 12.6. The molecule has 0 heterocycles. The Balaban J connectivity index is 2.22. The number of rotatable bonds is 11. The average Bonchev–Trinajstić information content (AvgIpc) is 2.50.